The number of aromatic nitrogens is 1. The van der Waals surface area contributed by atoms with Crippen LogP contribution in [0.5, 0.6) is 0 Å². The van der Waals surface area contributed by atoms with E-state index < -0.39 is 10.0 Å². The molecule has 1 N–H and O–H groups in total. The minimum atomic E-state index is -3.38. The van der Waals surface area contributed by atoms with Crippen LogP contribution >= 0.6 is 11.3 Å². The van der Waals surface area contributed by atoms with Crippen LogP contribution in [-0.2, 0) is 22.8 Å². The molecule has 0 radical (unpaired) electrons. The Morgan fingerprint density at radius 1 is 1.03 bits per heavy atom. The van der Waals surface area contributed by atoms with Crippen molar-refractivity contribution < 1.29 is 13.2 Å². The van der Waals surface area contributed by atoms with Gasteiger partial charge in [0.15, 0.2) is 0 Å². The van der Waals surface area contributed by atoms with Crippen molar-refractivity contribution in [3.05, 3.63) is 63.3 Å². The molecule has 0 aliphatic carbocycles. The van der Waals surface area contributed by atoms with E-state index in [0.717, 1.165) is 34.6 Å². The number of amides is 1. The van der Waals surface area contributed by atoms with Gasteiger partial charge in [-0.1, -0.05) is 23.5 Å². The van der Waals surface area contributed by atoms with Gasteiger partial charge < -0.3 is 14.8 Å². The van der Waals surface area contributed by atoms with Gasteiger partial charge in [0, 0.05) is 44.5 Å². The van der Waals surface area contributed by atoms with Gasteiger partial charge in [-0.2, -0.15) is 4.31 Å². The normalized spacial score (nSPS) is 15.9. The maximum absolute atomic E-state index is 12.7. The second kappa shape index (κ2) is 8.54. The van der Waals surface area contributed by atoms with E-state index in [2.05, 4.69) is 10.2 Å². The standard InChI is InChI=1S/C21H24N4O4S2/c1-23-9-11-25(12-10-23)31(28,29)14-15-3-5-16(6-4-15)20(26)22-17-7-8-18-19(13-17)30-21(27)24(18)2/h3-8,13H,9-12,14H2,1-2H3,(H,22,26). The Balaban J connectivity index is 1.43. The van der Waals surface area contributed by atoms with Crippen LogP contribution in [0.3, 0.4) is 0 Å². The van der Waals surface area contributed by atoms with Gasteiger partial charge in [-0.3, -0.25) is 9.59 Å². The van der Waals surface area contributed by atoms with Crippen LogP contribution in [0.4, 0.5) is 5.69 Å². The number of aryl methyl sites for hydroxylation is 1. The predicted octanol–water partition coefficient (Wildman–Crippen LogP) is 1.93. The van der Waals surface area contributed by atoms with Crippen molar-refractivity contribution in [3.8, 4) is 0 Å². The molecule has 1 saturated heterocycles. The fourth-order valence-electron chi connectivity index (χ4n) is 3.54. The molecule has 2 aromatic carbocycles. The number of hydrogen-bond acceptors (Lipinski definition) is 6. The van der Waals surface area contributed by atoms with Gasteiger partial charge in [0.05, 0.1) is 16.0 Å². The summed E-state index contributed by atoms with van der Waals surface area (Å²) < 4.78 is 29.2. The summed E-state index contributed by atoms with van der Waals surface area (Å²) >= 11 is 1.13. The lowest BCUT2D eigenvalue weighted by atomic mass is 10.1. The SMILES string of the molecule is CN1CCN(S(=O)(=O)Cc2ccc(C(=O)Nc3ccc4c(c3)sc(=O)n4C)cc2)CC1. The lowest BCUT2D eigenvalue weighted by Crippen LogP contribution is -2.47. The van der Waals surface area contributed by atoms with Crippen LogP contribution in [0.15, 0.2) is 47.3 Å². The van der Waals surface area contributed by atoms with E-state index in [1.54, 1.807) is 54.1 Å². The van der Waals surface area contributed by atoms with Crippen LogP contribution in [0.1, 0.15) is 15.9 Å². The van der Waals surface area contributed by atoms with E-state index in [4.69, 9.17) is 0 Å². The van der Waals surface area contributed by atoms with Crippen molar-refractivity contribution in [3.63, 3.8) is 0 Å². The van der Waals surface area contributed by atoms with Crippen molar-refractivity contribution in [1.29, 1.82) is 0 Å². The molecule has 10 heteroatoms. The Bertz CT molecular complexity index is 1270. The molecule has 3 aromatic rings. The highest BCUT2D eigenvalue weighted by atomic mass is 32.2. The molecule has 31 heavy (non-hydrogen) atoms. The Labute approximate surface area is 184 Å². The Kier molecular flexibility index (Phi) is 5.98. The van der Waals surface area contributed by atoms with Crippen LogP contribution in [0.25, 0.3) is 10.2 Å². The first-order chi connectivity index (χ1) is 14.7. The van der Waals surface area contributed by atoms with Crippen LogP contribution in [0.2, 0.25) is 0 Å². The summed E-state index contributed by atoms with van der Waals surface area (Å²) in [6, 6.07) is 11.9. The third-order valence-electron chi connectivity index (χ3n) is 5.47. The summed E-state index contributed by atoms with van der Waals surface area (Å²) in [4.78, 5) is 26.4. The molecule has 4 rings (SSSR count). The number of carbonyl (C=O) groups is 1. The number of nitrogens with one attached hydrogen (secondary N) is 1. The zero-order chi connectivity index (χ0) is 22.2. The summed E-state index contributed by atoms with van der Waals surface area (Å²) in [6.07, 6.45) is 0. The number of thiazole rings is 1. The molecule has 0 saturated carbocycles. The summed E-state index contributed by atoms with van der Waals surface area (Å²) in [7, 11) is 0.309. The summed E-state index contributed by atoms with van der Waals surface area (Å²) in [5.74, 6) is -0.376. The first-order valence-corrected chi connectivity index (χ1v) is 12.3. The molecule has 0 spiro atoms. The second-order valence-electron chi connectivity index (χ2n) is 7.72. The number of carbonyl (C=O) groups excluding carboxylic acids is 1. The van der Waals surface area contributed by atoms with Crippen molar-refractivity contribution in [1.82, 2.24) is 13.8 Å². The van der Waals surface area contributed by atoms with Crippen molar-refractivity contribution >= 4 is 43.2 Å². The molecule has 1 aliphatic heterocycles. The van der Waals surface area contributed by atoms with Gasteiger partial charge in [0.2, 0.25) is 10.0 Å². The smallest absolute Gasteiger partial charge is 0.307 e. The van der Waals surface area contributed by atoms with E-state index in [0.29, 0.717) is 29.9 Å². The summed E-state index contributed by atoms with van der Waals surface area (Å²) in [5.41, 5.74) is 2.49. The quantitative estimate of drug-likeness (QED) is 0.628. The van der Waals surface area contributed by atoms with E-state index in [1.807, 2.05) is 7.05 Å². The molecule has 8 nitrogen and oxygen atoms in total. The number of fused-ring (bicyclic) bond motifs is 1. The first-order valence-electron chi connectivity index (χ1n) is 9.89. The van der Waals surface area contributed by atoms with Crippen molar-refractivity contribution in [2.75, 3.05) is 38.5 Å². The van der Waals surface area contributed by atoms with E-state index >= 15 is 0 Å². The largest absolute Gasteiger partial charge is 0.322 e. The number of nitrogens with zero attached hydrogens (tertiary/aromatic N) is 3. The molecule has 0 bridgehead atoms. The number of sulfonamides is 1. The minimum Gasteiger partial charge on any atom is -0.322 e. The number of piperazine rings is 1. The third-order valence-corrected chi connectivity index (χ3v) is 8.32. The summed E-state index contributed by atoms with van der Waals surface area (Å²) in [5, 5.41) is 2.83. The van der Waals surface area contributed by atoms with Gasteiger partial charge >= 0.3 is 4.87 Å². The number of likely N-dealkylation sites (N-methyl/N-ethyl adjacent to an activating group) is 1. The summed E-state index contributed by atoms with van der Waals surface area (Å²) in [6.45, 7) is 2.45. The van der Waals surface area contributed by atoms with E-state index in [9.17, 15) is 18.0 Å². The van der Waals surface area contributed by atoms with Gasteiger partial charge in [0.1, 0.15) is 0 Å². The lowest BCUT2D eigenvalue weighted by Gasteiger charge is -2.31. The van der Waals surface area contributed by atoms with Crippen LogP contribution < -0.4 is 10.2 Å². The van der Waals surface area contributed by atoms with Crippen LogP contribution in [0, 0.1) is 0 Å². The second-order valence-corrected chi connectivity index (χ2v) is 10.7. The number of anilines is 1. The Morgan fingerprint density at radius 2 is 1.71 bits per heavy atom. The predicted molar refractivity (Wildman–Crippen MR) is 123 cm³/mol. The van der Waals surface area contributed by atoms with Crippen molar-refractivity contribution in [2.45, 2.75) is 5.75 Å². The fraction of sp³-hybridized carbons (Fsp3) is 0.333. The Hall–Kier alpha value is -2.53. The number of benzene rings is 2. The minimum absolute atomic E-state index is 0.0550. The molecule has 1 amide bonds. The molecule has 1 aliphatic rings. The van der Waals surface area contributed by atoms with Crippen LogP contribution in [-0.4, -0.2) is 61.3 Å². The third kappa shape index (κ3) is 4.72. The Morgan fingerprint density at radius 3 is 2.39 bits per heavy atom. The molecular formula is C21H24N4O4S2. The number of hydrogen-bond donors (Lipinski definition) is 1. The molecule has 0 unspecified atom stereocenters. The highest BCUT2D eigenvalue weighted by Gasteiger charge is 2.25. The molecular weight excluding hydrogens is 436 g/mol. The monoisotopic (exact) mass is 460 g/mol. The van der Waals surface area contributed by atoms with E-state index in [1.165, 1.54) is 4.31 Å². The average Bonchev–Trinajstić information content (AvgIpc) is 3.01. The molecule has 164 valence electrons. The maximum Gasteiger partial charge on any atom is 0.307 e. The van der Waals surface area contributed by atoms with Gasteiger partial charge in [-0.25, -0.2) is 8.42 Å². The van der Waals surface area contributed by atoms with Gasteiger partial charge in [-0.05, 0) is 42.9 Å². The molecule has 0 atom stereocenters. The van der Waals surface area contributed by atoms with Crippen molar-refractivity contribution in [2.24, 2.45) is 7.05 Å². The maximum atomic E-state index is 12.7. The fourth-order valence-corrected chi connectivity index (χ4v) is 5.97. The highest BCUT2D eigenvalue weighted by Crippen LogP contribution is 2.22. The average molecular weight is 461 g/mol. The highest BCUT2D eigenvalue weighted by molar-refractivity contribution is 7.88. The lowest BCUT2D eigenvalue weighted by molar-refractivity contribution is 0.102. The molecule has 1 fully saturated rings. The first kappa shape index (κ1) is 21.7. The molecule has 2 heterocycles. The zero-order valence-corrected chi connectivity index (χ0v) is 19.0. The van der Waals surface area contributed by atoms with Gasteiger partial charge in [0.25, 0.3) is 5.91 Å². The zero-order valence-electron chi connectivity index (χ0n) is 17.4. The molecule has 1 aromatic heterocycles. The number of rotatable bonds is 5. The topological polar surface area (TPSA) is 91.7 Å². The van der Waals surface area contributed by atoms with E-state index in [-0.39, 0.29) is 16.5 Å². The van der Waals surface area contributed by atoms with Gasteiger partial charge in [-0.15, -0.1) is 0 Å².